The fraction of sp³-hybridized carbons (Fsp3) is 0.273. The van der Waals surface area contributed by atoms with Gasteiger partial charge in [-0.05, 0) is 12.1 Å². The molecule has 0 saturated heterocycles. The van der Waals surface area contributed by atoms with Crippen LogP contribution in [-0.4, -0.2) is 23.6 Å². The summed E-state index contributed by atoms with van der Waals surface area (Å²) in [4.78, 5) is 14.7. The maximum absolute atomic E-state index is 11.9. The second kappa shape index (κ2) is 6.02. The number of halogens is 3. The Bertz CT molecular complexity index is 488. The molecule has 0 aliphatic carbocycles. The van der Waals surface area contributed by atoms with Crippen molar-refractivity contribution in [2.24, 2.45) is 5.73 Å². The van der Waals surface area contributed by atoms with Crippen molar-refractivity contribution in [2.75, 3.05) is 11.9 Å². The first kappa shape index (κ1) is 14.0. The molecule has 1 heterocycles. The summed E-state index contributed by atoms with van der Waals surface area (Å²) in [6, 6.07) is 2.93. The molecule has 18 heavy (non-hydrogen) atoms. The zero-order valence-electron chi connectivity index (χ0n) is 9.21. The number of rotatable bonds is 2. The van der Waals surface area contributed by atoms with Gasteiger partial charge >= 0.3 is 6.18 Å². The van der Waals surface area contributed by atoms with E-state index in [1.54, 1.807) is 6.07 Å². The topological polar surface area (TPSA) is 68.0 Å². The number of hydrogen-bond acceptors (Lipinski definition) is 3. The number of pyridine rings is 1. The summed E-state index contributed by atoms with van der Waals surface area (Å²) in [6.07, 6.45) is -4.75. The number of anilines is 1. The lowest BCUT2D eigenvalue weighted by molar-refractivity contribution is -0.150. The van der Waals surface area contributed by atoms with Gasteiger partial charge in [0.05, 0.1) is 6.54 Å². The smallest absolute Gasteiger partial charge is 0.320 e. The highest BCUT2D eigenvalue weighted by Gasteiger charge is 2.31. The van der Waals surface area contributed by atoms with Gasteiger partial charge < -0.3 is 11.1 Å². The van der Waals surface area contributed by atoms with Crippen LogP contribution in [0.15, 0.2) is 18.3 Å². The van der Waals surface area contributed by atoms with Crippen molar-refractivity contribution in [1.82, 2.24) is 4.98 Å². The molecule has 1 rings (SSSR count). The van der Waals surface area contributed by atoms with Crippen LogP contribution >= 0.6 is 0 Å². The van der Waals surface area contributed by atoms with Gasteiger partial charge in [0, 0.05) is 11.8 Å². The highest BCUT2D eigenvalue weighted by atomic mass is 19.4. The van der Waals surface area contributed by atoms with Gasteiger partial charge in [-0.3, -0.25) is 4.79 Å². The van der Waals surface area contributed by atoms with Crippen LogP contribution in [0.4, 0.5) is 19.0 Å². The quantitative estimate of drug-likeness (QED) is 0.784. The Hall–Kier alpha value is -2.07. The van der Waals surface area contributed by atoms with Crippen molar-refractivity contribution >= 4 is 11.7 Å². The highest BCUT2D eigenvalue weighted by Crippen LogP contribution is 2.20. The van der Waals surface area contributed by atoms with Gasteiger partial charge in [-0.1, -0.05) is 11.8 Å². The number of nitrogens with two attached hydrogens (primary N) is 1. The Morgan fingerprint density at radius 1 is 1.50 bits per heavy atom. The first-order chi connectivity index (χ1) is 8.40. The molecule has 0 saturated carbocycles. The number of nitrogens with one attached hydrogen (secondary N) is 1. The molecule has 1 aromatic rings. The first-order valence-electron chi connectivity index (χ1n) is 4.92. The number of aromatic nitrogens is 1. The highest BCUT2D eigenvalue weighted by molar-refractivity contribution is 5.90. The number of amides is 1. The van der Waals surface area contributed by atoms with Gasteiger partial charge in [-0.15, -0.1) is 0 Å². The number of alkyl halides is 3. The monoisotopic (exact) mass is 257 g/mol. The molecule has 4 nitrogen and oxygen atoms in total. The number of nitrogens with zero attached hydrogens (tertiary/aromatic N) is 1. The lowest BCUT2D eigenvalue weighted by Gasteiger charge is -2.07. The fourth-order valence-corrected chi connectivity index (χ4v) is 1.10. The normalized spacial score (nSPS) is 10.4. The molecule has 0 spiro atoms. The van der Waals surface area contributed by atoms with E-state index in [2.05, 4.69) is 16.8 Å². The molecule has 0 aliphatic heterocycles. The van der Waals surface area contributed by atoms with E-state index in [0.717, 1.165) is 0 Å². The predicted octanol–water partition coefficient (Wildman–Crippen LogP) is 1.28. The van der Waals surface area contributed by atoms with Crippen LogP contribution in [-0.2, 0) is 4.79 Å². The van der Waals surface area contributed by atoms with Crippen LogP contribution in [0.1, 0.15) is 12.0 Å². The van der Waals surface area contributed by atoms with Gasteiger partial charge in [0.25, 0.3) is 0 Å². The molecular weight excluding hydrogens is 247 g/mol. The Morgan fingerprint density at radius 3 is 2.83 bits per heavy atom. The minimum absolute atomic E-state index is 0.0214. The molecule has 0 aliphatic rings. The lowest BCUT2D eigenvalue weighted by atomic mass is 10.2. The standard InChI is InChI=1S/C11H10F3N3O/c12-11(13,14)7-10(18)17-9-6-8(2-1-4-15)3-5-16-9/h3,5-6H,4,7,15H2,(H,16,17,18). The third kappa shape index (κ3) is 5.32. The van der Waals surface area contributed by atoms with Crippen LogP contribution in [0.2, 0.25) is 0 Å². The third-order valence-corrected chi connectivity index (χ3v) is 1.72. The van der Waals surface area contributed by atoms with E-state index in [0.29, 0.717) is 5.56 Å². The minimum atomic E-state index is -4.54. The molecule has 96 valence electrons. The largest absolute Gasteiger partial charge is 0.397 e. The van der Waals surface area contributed by atoms with Gasteiger partial charge in [-0.25, -0.2) is 4.98 Å². The van der Waals surface area contributed by atoms with Gasteiger partial charge in [0.2, 0.25) is 5.91 Å². The third-order valence-electron chi connectivity index (χ3n) is 1.72. The van der Waals surface area contributed by atoms with E-state index >= 15 is 0 Å². The summed E-state index contributed by atoms with van der Waals surface area (Å²) < 4.78 is 35.8. The van der Waals surface area contributed by atoms with Crippen molar-refractivity contribution in [3.05, 3.63) is 23.9 Å². The summed E-state index contributed by atoms with van der Waals surface area (Å²) in [5, 5.41) is 2.05. The molecule has 3 N–H and O–H groups in total. The van der Waals surface area contributed by atoms with E-state index in [1.807, 2.05) is 5.32 Å². The maximum Gasteiger partial charge on any atom is 0.397 e. The number of carbonyl (C=O) groups is 1. The Balaban J connectivity index is 2.70. The summed E-state index contributed by atoms with van der Waals surface area (Å²) in [5.74, 6) is 4.11. The molecule has 7 heteroatoms. The Labute approximate surface area is 101 Å². The van der Waals surface area contributed by atoms with Crippen LogP contribution in [0, 0.1) is 11.8 Å². The van der Waals surface area contributed by atoms with E-state index in [-0.39, 0.29) is 12.4 Å². The first-order valence-corrected chi connectivity index (χ1v) is 4.92. The zero-order valence-corrected chi connectivity index (χ0v) is 9.21. The fourth-order valence-electron chi connectivity index (χ4n) is 1.10. The molecule has 1 aromatic heterocycles. The molecular formula is C11H10F3N3O. The molecule has 0 atom stereocenters. The number of carbonyl (C=O) groups excluding carboxylic acids is 1. The maximum atomic E-state index is 11.9. The van der Waals surface area contributed by atoms with Crippen LogP contribution < -0.4 is 11.1 Å². The molecule has 0 fully saturated rings. The predicted molar refractivity (Wildman–Crippen MR) is 59.5 cm³/mol. The summed E-state index contributed by atoms with van der Waals surface area (Å²) in [5.41, 5.74) is 5.69. The summed E-state index contributed by atoms with van der Waals surface area (Å²) in [7, 11) is 0. The van der Waals surface area contributed by atoms with E-state index in [9.17, 15) is 18.0 Å². The van der Waals surface area contributed by atoms with Gasteiger partial charge in [-0.2, -0.15) is 13.2 Å². The van der Waals surface area contributed by atoms with Crippen molar-refractivity contribution < 1.29 is 18.0 Å². The Kier molecular flexibility index (Phi) is 4.68. The second-order valence-electron chi connectivity index (χ2n) is 3.28. The molecule has 1 amide bonds. The summed E-state index contributed by atoms with van der Waals surface area (Å²) in [6.45, 7) is 0.165. The van der Waals surface area contributed by atoms with Crippen molar-refractivity contribution in [3.63, 3.8) is 0 Å². The van der Waals surface area contributed by atoms with E-state index in [1.165, 1.54) is 12.3 Å². The molecule has 0 radical (unpaired) electrons. The molecule has 0 bridgehead atoms. The van der Waals surface area contributed by atoms with Gasteiger partial charge in [0.1, 0.15) is 12.2 Å². The van der Waals surface area contributed by atoms with Crippen LogP contribution in [0.5, 0.6) is 0 Å². The second-order valence-corrected chi connectivity index (χ2v) is 3.28. The SMILES string of the molecule is NCC#Cc1ccnc(NC(=O)CC(F)(F)F)c1. The van der Waals surface area contributed by atoms with Crippen molar-refractivity contribution in [3.8, 4) is 11.8 Å². The van der Waals surface area contributed by atoms with Crippen LogP contribution in [0.25, 0.3) is 0 Å². The van der Waals surface area contributed by atoms with E-state index < -0.39 is 18.5 Å². The minimum Gasteiger partial charge on any atom is -0.320 e. The average molecular weight is 257 g/mol. The zero-order chi connectivity index (χ0) is 13.6. The average Bonchev–Trinajstić information content (AvgIpc) is 2.24. The molecule has 0 unspecified atom stereocenters. The summed E-state index contributed by atoms with van der Waals surface area (Å²) >= 11 is 0. The Morgan fingerprint density at radius 2 is 2.22 bits per heavy atom. The van der Waals surface area contributed by atoms with Crippen LogP contribution in [0.3, 0.4) is 0 Å². The van der Waals surface area contributed by atoms with E-state index in [4.69, 9.17) is 5.73 Å². The van der Waals surface area contributed by atoms with Crippen molar-refractivity contribution in [2.45, 2.75) is 12.6 Å². The number of hydrogen-bond donors (Lipinski definition) is 2. The molecule has 0 aromatic carbocycles. The van der Waals surface area contributed by atoms with Gasteiger partial charge in [0.15, 0.2) is 0 Å². The van der Waals surface area contributed by atoms with Crippen molar-refractivity contribution in [1.29, 1.82) is 0 Å². The lowest BCUT2D eigenvalue weighted by Crippen LogP contribution is -2.21.